The fourth-order valence-electron chi connectivity index (χ4n) is 3.24. The summed E-state index contributed by atoms with van der Waals surface area (Å²) < 4.78 is 11.4. The van der Waals surface area contributed by atoms with Gasteiger partial charge in [-0.2, -0.15) is 0 Å². The zero-order valence-electron chi connectivity index (χ0n) is 15.8. The van der Waals surface area contributed by atoms with Crippen LogP contribution in [0.25, 0.3) is 11.3 Å². The van der Waals surface area contributed by atoms with E-state index in [2.05, 4.69) is 25.3 Å². The second kappa shape index (κ2) is 8.56. The molecule has 1 unspecified atom stereocenters. The number of likely N-dealkylation sites (tertiary alicyclic amines) is 1. The number of hydrogen-bond acceptors (Lipinski definition) is 5. The Kier molecular flexibility index (Phi) is 5.51. The predicted octanol–water partition coefficient (Wildman–Crippen LogP) is 2.97. The molecule has 28 heavy (non-hydrogen) atoms. The number of nitrogens with zero attached hydrogens (tertiary/aromatic N) is 4. The molecule has 2 aromatic heterocycles. The number of aromatic nitrogens is 2. The van der Waals surface area contributed by atoms with Crippen LogP contribution >= 0.6 is 0 Å². The zero-order valence-corrected chi connectivity index (χ0v) is 15.8. The first-order chi connectivity index (χ1) is 13.8. The van der Waals surface area contributed by atoms with E-state index >= 15 is 0 Å². The summed E-state index contributed by atoms with van der Waals surface area (Å²) in [5, 5.41) is 7.50. The Morgan fingerprint density at radius 2 is 2.11 bits per heavy atom. The van der Waals surface area contributed by atoms with Crippen molar-refractivity contribution in [2.45, 2.75) is 19.1 Å². The molecule has 1 aliphatic rings. The summed E-state index contributed by atoms with van der Waals surface area (Å²) in [7, 11) is 1.78. The van der Waals surface area contributed by atoms with Gasteiger partial charge in [-0.15, -0.1) is 0 Å². The molecule has 0 bridgehead atoms. The van der Waals surface area contributed by atoms with Gasteiger partial charge in [-0.25, -0.2) is 4.98 Å². The summed E-state index contributed by atoms with van der Waals surface area (Å²) in [5.41, 5.74) is 1.87. The van der Waals surface area contributed by atoms with Crippen LogP contribution in [-0.4, -0.2) is 47.2 Å². The number of aliphatic imine (C=N–C) groups is 1. The van der Waals surface area contributed by atoms with E-state index in [9.17, 15) is 0 Å². The average molecular weight is 377 g/mol. The highest BCUT2D eigenvalue weighted by molar-refractivity contribution is 5.80. The van der Waals surface area contributed by atoms with Crippen molar-refractivity contribution in [3.8, 4) is 17.1 Å². The molecule has 7 heteroatoms. The molecule has 0 radical (unpaired) electrons. The molecule has 1 aromatic carbocycles. The van der Waals surface area contributed by atoms with Crippen LogP contribution in [-0.2, 0) is 6.54 Å². The number of guanidine groups is 1. The first kappa shape index (κ1) is 18.0. The average Bonchev–Trinajstić information content (AvgIpc) is 3.40. The lowest BCUT2D eigenvalue weighted by Crippen LogP contribution is -2.40. The molecule has 4 rings (SSSR count). The van der Waals surface area contributed by atoms with Crippen molar-refractivity contribution in [1.29, 1.82) is 0 Å². The van der Waals surface area contributed by atoms with Gasteiger partial charge in [-0.05, 0) is 6.07 Å². The van der Waals surface area contributed by atoms with Crippen LogP contribution in [0.4, 0.5) is 0 Å². The van der Waals surface area contributed by atoms with Gasteiger partial charge < -0.3 is 19.5 Å². The van der Waals surface area contributed by atoms with Crippen molar-refractivity contribution < 1.29 is 9.26 Å². The van der Waals surface area contributed by atoms with E-state index < -0.39 is 0 Å². The monoisotopic (exact) mass is 377 g/mol. The standard InChI is InChI=1S/C21H23N5O2/c1-22-21(26-12-10-17(15-26)27-20-9-5-6-11-23-20)24-14-18-13-19(25-28-18)16-7-3-2-4-8-16/h2-9,11,13,17H,10,12,14-15H2,1H3,(H,22,24). The van der Waals surface area contributed by atoms with E-state index in [1.165, 1.54) is 0 Å². The molecule has 0 saturated carbocycles. The number of benzene rings is 1. The molecule has 1 fully saturated rings. The molecule has 0 aliphatic carbocycles. The first-order valence-corrected chi connectivity index (χ1v) is 9.36. The van der Waals surface area contributed by atoms with E-state index in [0.717, 1.165) is 42.5 Å². The van der Waals surface area contributed by atoms with Crippen molar-refractivity contribution in [1.82, 2.24) is 20.4 Å². The Hall–Kier alpha value is -3.35. The third-order valence-corrected chi connectivity index (χ3v) is 4.63. The van der Waals surface area contributed by atoms with Gasteiger partial charge in [0.1, 0.15) is 11.8 Å². The summed E-state index contributed by atoms with van der Waals surface area (Å²) in [4.78, 5) is 10.8. The maximum Gasteiger partial charge on any atom is 0.213 e. The van der Waals surface area contributed by atoms with E-state index in [-0.39, 0.29) is 6.10 Å². The van der Waals surface area contributed by atoms with Crippen molar-refractivity contribution in [3.63, 3.8) is 0 Å². The Balaban J connectivity index is 1.31. The van der Waals surface area contributed by atoms with E-state index in [4.69, 9.17) is 9.26 Å². The van der Waals surface area contributed by atoms with Crippen molar-refractivity contribution in [3.05, 3.63) is 66.6 Å². The summed E-state index contributed by atoms with van der Waals surface area (Å²) in [6, 6.07) is 17.6. The van der Waals surface area contributed by atoms with Gasteiger partial charge in [0.15, 0.2) is 11.7 Å². The molecule has 3 heterocycles. The highest BCUT2D eigenvalue weighted by Crippen LogP contribution is 2.19. The largest absolute Gasteiger partial charge is 0.472 e. The molecule has 1 N–H and O–H groups in total. The maximum atomic E-state index is 5.95. The van der Waals surface area contributed by atoms with Gasteiger partial charge >= 0.3 is 0 Å². The lowest BCUT2D eigenvalue weighted by molar-refractivity contribution is 0.205. The quantitative estimate of drug-likeness (QED) is 0.544. The molecule has 7 nitrogen and oxygen atoms in total. The number of hydrogen-bond donors (Lipinski definition) is 1. The summed E-state index contributed by atoms with van der Waals surface area (Å²) >= 11 is 0. The SMILES string of the molecule is CN=C(NCc1cc(-c2ccccc2)no1)N1CCC(Oc2ccccn2)C1. The molecule has 1 aliphatic heterocycles. The molecule has 1 saturated heterocycles. The fourth-order valence-corrected chi connectivity index (χ4v) is 3.24. The smallest absolute Gasteiger partial charge is 0.213 e. The van der Waals surface area contributed by atoms with Crippen LogP contribution in [0.15, 0.2) is 70.3 Å². The van der Waals surface area contributed by atoms with Gasteiger partial charge in [-0.3, -0.25) is 4.99 Å². The second-order valence-corrected chi connectivity index (χ2v) is 6.59. The molecule has 144 valence electrons. The van der Waals surface area contributed by atoms with E-state index in [1.807, 2.05) is 54.6 Å². The van der Waals surface area contributed by atoms with Crippen molar-refractivity contribution in [2.75, 3.05) is 20.1 Å². The number of nitrogens with one attached hydrogen (secondary N) is 1. The third kappa shape index (κ3) is 4.31. The van der Waals surface area contributed by atoms with E-state index in [0.29, 0.717) is 12.4 Å². The highest BCUT2D eigenvalue weighted by Gasteiger charge is 2.26. The normalized spacial score (nSPS) is 17.0. The molecular weight excluding hydrogens is 354 g/mol. The lowest BCUT2D eigenvalue weighted by Gasteiger charge is -2.21. The van der Waals surface area contributed by atoms with Gasteiger partial charge in [0.2, 0.25) is 5.88 Å². The van der Waals surface area contributed by atoms with Crippen LogP contribution < -0.4 is 10.1 Å². The second-order valence-electron chi connectivity index (χ2n) is 6.59. The van der Waals surface area contributed by atoms with Gasteiger partial charge in [0.05, 0.1) is 13.1 Å². The molecule has 0 spiro atoms. The van der Waals surface area contributed by atoms with Crippen molar-refractivity contribution >= 4 is 5.96 Å². The zero-order chi connectivity index (χ0) is 19.2. The molecular formula is C21H23N5O2. The summed E-state index contributed by atoms with van der Waals surface area (Å²) in [6.45, 7) is 2.17. The highest BCUT2D eigenvalue weighted by atomic mass is 16.5. The van der Waals surface area contributed by atoms with Gasteiger partial charge in [0.25, 0.3) is 0 Å². The molecule has 0 amide bonds. The Morgan fingerprint density at radius 1 is 1.25 bits per heavy atom. The van der Waals surface area contributed by atoms with Gasteiger partial charge in [0, 0.05) is 43.9 Å². The van der Waals surface area contributed by atoms with Crippen LogP contribution in [0.3, 0.4) is 0 Å². The predicted molar refractivity (Wildman–Crippen MR) is 107 cm³/mol. The third-order valence-electron chi connectivity index (χ3n) is 4.63. The molecule has 1 atom stereocenters. The number of ether oxygens (including phenoxy) is 1. The minimum Gasteiger partial charge on any atom is -0.472 e. The van der Waals surface area contributed by atoms with E-state index in [1.54, 1.807) is 13.2 Å². The van der Waals surface area contributed by atoms with Crippen molar-refractivity contribution in [2.24, 2.45) is 4.99 Å². The lowest BCUT2D eigenvalue weighted by atomic mass is 10.1. The Bertz CT molecular complexity index is 911. The van der Waals surface area contributed by atoms with Crippen LogP contribution in [0.1, 0.15) is 12.2 Å². The summed E-state index contributed by atoms with van der Waals surface area (Å²) in [6.07, 6.45) is 2.77. The van der Waals surface area contributed by atoms with Crippen LogP contribution in [0.2, 0.25) is 0 Å². The molecule has 3 aromatic rings. The first-order valence-electron chi connectivity index (χ1n) is 9.36. The minimum atomic E-state index is 0.100. The maximum absolute atomic E-state index is 5.95. The minimum absolute atomic E-state index is 0.100. The Labute approximate surface area is 164 Å². The summed E-state index contributed by atoms with van der Waals surface area (Å²) in [5.74, 6) is 2.25. The van der Waals surface area contributed by atoms with Crippen LogP contribution in [0, 0.1) is 0 Å². The topological polar surface area (TPSA) is 75.8 Å². The van der Waals surface area contributed by atoms with Gasteiger partial charge in [-0.1, -0.05) is 41.6 Å². The number of rotatable bonds is 5. The fraction of sp³-hybridized carbons (Fsp3) is 0.286. The van der Waals surface area contributed by atoms with Crippen LogP contribution in [0.5, 0.6) is 5.88 Å². The number of pyridine rings is 1. The Morgan fingerprint density at radius 3 is 2.89 bits per heavy atom.